The molecule has 3 heterocycles. The van der Waals surface area contributed by atoms with Crippen molar-refractivity contribution in [1.82, 2.24) is 4.90 Å². The Bertz CT molecular complexity index is 1540. The van der Waals surface area contributed by atoms with Crippen molar-refractivity contribution in [2.75, 3.05) is 13.7 Å². The van der Waals surface area contributed by atoms with Crippen molar-refractivity contribution in [1.29, 1.82) is 0 Å². The van der Waals surface area contributed by atoms with Gasteiger partial charge in [0, 0.05) is 44.8 Å². The fourth-order valence-electron chi connectivity index (χ4n) is 9.04. The van der Waals surface area contributed by atoms with Gasteiger partial charge >= 0.3 is 5.97 Å². The van der Waals surface area contributed by atoms with Crippen molar-refractivity contribution >= 4 is 23.4 Å². The number of Topliss-reactive ketones (excluding diaryl/α,β-unsaturated/α-hetero) is 2. The number of allylic oxidation sites excluding steroid dienone is 5. The lowest BCUT2D eigenvalue weighted by atomic mass is 9.79. The molecule has 0 aromatic rings. The van der Waals surface area contributed by atoms with Crippen molar-refractivity contribution < 1.29 is 53.8 Å². The van der Waals surface area contributed by atoms with Crippen LogP contribution in [0, 0.1) is 29.6 Å². The van der Waals surface area contributed by atoms with Gasteiger partial charge in [-0.05, 0) is 107 Å². The molecule has 0 spiro atoms. The Morgan fingerprint density at radius 3 is 2.34 bits per heavy atom. The van der Waals surface area contributed by atoms with Crippen LogP contribution in [0.1, 0.15) is 125 Å². The number of fused-ring (bicyclic) bond motifs is 3. The van der Waals surface area contributed by atoms with E-state index >= 15 is 0 Å². The average Bonchev–Trinajstić information content (AvgIpc) is 3.19. The molecule has 0 aromatic heterocycles. The summed E-state index contributed by atoms with van der Waals surface area (Å²) in [5.74, 6) is -6.14. The molecule has 0 radical (unpaired) electrons. The number of cyclic esters (lactones) is 1. The van der Waals surface area contributed by atoms with Crippen molar-refractivity contribution in [3.8, 4) is 0 Å². The van der Waals surface area contributed by atoms with E-state index in [1.165, 1.54) is 4.90 Å². The highest BCUT2D eigenvalue weighted by molar-refractivity contribution is 6.39. The minimum Gasteiger partial charge on any atom is -0.460 e. The fraction of sp³-hybridized carbons (Fsp3) is 0.739. The first-order chi connectivity index (χ1) is 27.4. The quantitative estimate of drug-likeness (QED) is 0.156. The molecule has 1 unspecified atom stereocenters. The normalized spacial score (nSPS) is 39.9. The van der Waals surface area contributed by atoms with Gasteiger partial charge in [-0.2, -0.15) is 0 Å². The molecule has 1 amide bonds. The van der Waals surface area contributed by atoms with E-state index in [-0.39, 0.29) is 61.4 Å². The predicted molar refractivity (Wildman–Crippen MR) is 220 cm³/mol. The number of rotatable bonds is 4. The summed E-state index contributed by atoms with van der Waals surface area (Å²) in [4.78, 5) is 56.8. The Labute approximate surface area is 345 Å². The van der Waals surface area contributed by atoms with E-state index in [0.29, 0.717) is 69.8 Å². The number of piperidine rings is 1. The van der Waals surface area contributed by atoms with Gasteiger partial charge in [0.05, 0.1) is 30.5 Å². The lowest BCUT2D eigenvalue weighted by Gasteiger charge is -2.42. The number of aliphatic hydroxyl groups is 4. The summed E-state index contributed by atoms with van der Waals surface area (Å²) in [6.07, 6.45) is 13.1. The summed E-state index contributed by atoms with van der Waals surface area (Å²) in [5.41, 5.74) is 1.48. The Morgan fingerprint density at radius 2 is 1.64 bits per heavy atom. The van der Waals surface area contributed by atoms with Gasteiger partial charge in [0.1, 0.15) is 17.9 Å². The first-order valence-electron chi connectivity index (χ1n) is 21.7. The van der Waals surface area contributed by atoms with E-state index in [1.807, 2.05) is 58.1 Å². The molecule has 12 nitrogen and oxygen atoms in total. The number of carbonyl (C=O) groups excluding carboxylic acids is 4. The number of methoxy groups -OCH3 is 1. The van der Waals surface area contributed by atoms with E-state index in [0.717, 1.165) is 5.57 Å². The van der Waals surface area contributed by atoms with Crippen LogP contribution in [0.2, 0.25) is 0 Å². The Hall–Kier alpha value is -3.00. The lowest BCUT2D eigenvalue weighted by Crippen LogP contribution is -2.61. The van der Waals surface area contributed by atoms with Crippen LogP contribution >= 0.6 is 0 Å². The maximum Gasteiger partial charge on any atom is 0.329 e. The zero-order valence-electron chi connectivity index (χ0n) is 35.9. The number of carbonyl (C=O) groups is 4. The van der Waals surface area contributed by atoms with E-state index in [4.69, 9.17) is 14.2 Å². The van der Waals surface area contributed by atoms with Gasteiger partial charge in [-0.1, -0.05) is 64.2 Å². The minimum atomic E-state index is -2.38. The highest BCUT2D eigenvalue weighted by Crippen LogP contribution is 2.37. The lowest BCUT2D eigenvalue weighted by molar-refractivity contribution is -0.265. The molecular weight excluding hydrogens is 743 g/mol. The SMILES string of the molecule is CO[C@H]1C[C@@H]2CC[C@@H](C)[C@@](O)(O2)C(=O)C(=O)N2CCCC[C@H]2C(=O)OC([C@H](C)C[C@@H]2CC[C@@H](O)[C@H](O)C2)C/C=C(\C)[C@@H](O)CC(=O)[C@H](C)C[C@H](C)/C=C/C=C/C=C1C. The first kappa shape index (κ1) is 47.7. The molecule has 4 N–H and O–H groups in total. The molecule has 326 valence electrons. The van der Waals surface area contributed by atoms with Gasteiger partial charge in [0.25, 0.3) is 11.7 Å². The summed E-state index contributed by atoms with van der Waals surface area (Å²) in [6.45, 7) is 11.4. The molecule has 4 rings (SSSR count). The molecule has 2 saturated heterocycles. The summed E-state index contributed by atoms with van der Waals surface area (Å²) in [5, 5.41) is 43.5. The topological polar surface area (TPSA) is 180 Å². The number of nitrogens with zero attached hydrogens (tertiary/aromatic N) is 1. The minimum absolute atomic E-state index is 0.0453. The largest absolute Gasteiger partial charge is 0.460 e. The fourth-order valence-corrected chi connectivity index (χ4v) is 9.04. The second kappa shape index (κ2) is 22.0. The second-order valence-corrected chi connectivity index (χ2v) is 17.9. The average molecular weight is 814 g/mol. The van der Waals surface area contributed by atoms with Gasteiger partial charge in [0.15, 0.2) is 0 Å². The molecule has 12 heteroatoms. The van der Waals surface area contributed by atoms with Gasteiger partial charge in [-0.25, -0.2) is 4.79 Å². The Balaban J connectivity index is 1.65. The van der Waals surface area contributed by atoms with Crippen LogP contribution in [0.3, 0.4) is 0 Å². The number of hydrogen-bond acceptors (Lipinski definition) is 11. The number of ether oxygens (including phenoxy) is 3. The molecule has 13 atom stereocenters. The van der Waals surface area contributed by atoms with Crippen molar-refractivity contribution in [2.24, 2.45) is 29.6 Å². The summed E-state index contributed by atoms with van der Waals surface area (Å²) in [6, 6.07) is -1.06. The smallest absolute Gasteiger partial charge is 0.329 e. The highest BCUT2D eigenvalue weighted by Gasteiger charge is 2.53. The van der Waals surface area contributed by atoms with Crippen molar-refractivity contribution in [3.05, 3.63) is 47.6 Å². The third-order valence-corrected chi connectivity index (χ3v) is 13.1. The molecule has 3 fully saturated rings. The number of ketones is 2. The number of aliphatic hydroxyl groups excluding tert-OH is 3. The molecule has 58 heavy (non-hydrogen) atoms. The first-order valence-corrected chi connectivity index (χ1v) is 21.7. The zero-order chi connectivity index (χ0) is 42.7. The Kier molecular flexibility index (Phi) is 18.1. The third-order valence-electron chi connectivity index (χ3n) is 13.1. The molecule has 0 aromatic carbocycles. The van der Waals surface area contributed by atoms with Crippen LogP contribution in [0.4, 0.5) is 0 Å². The van der Waals surface area contributed by atoms with Gasteiger partial charge < -0.3 is 39.5 Å². The molecular formula is C46H71NO11. The van der Waals surface area contributed by atoms with Gasteiger partial charge in [-0.3, -0.25) is 14.4 Å². The molecule has 2 bridgehead atoms. The second-order valence-electron chi connectivity index (χ2n) is 17.9. The summed E-state index contributed by atoms with van der Waals surface area (Å²) >= 11 is 0. The van der Waals surface area contributed by atoms with Gasteiger partial charge in [0.2, 0.25) is 5.79 Å². The monoisotopic (exact) mass is 814 g/mol. The van der Waals surface area contributed by atoms with Crippen LogP contribution in [-0.2, 0) is 33.4 Å². The standard InChI is InChI=1S/C46H71NO11/c1-28-13-9-8-10-14-30(3)42(56-7)26-35-19-17-33(6)46(55,58-35)43(52)44(53)47-22-12-11-15-36(47)45(54)57-41(32(5)24-34-18-20-37(48)40(51)25-34)21-16-29(2)38(49)27-39(50)31(4)23-28/h8-10,13-14,16,28,31-38,40-42,48-49,51,55H,11-12,15,17-27H2,1-7H3/b10-8+,13-9+,29-16+,30-14?/t28-,31-,32-,33-,34+,35+,36+,37-,38+,40-,41?,42+,46-/m1/s1. The maximum atomic E-state index is 14.2. The van der Waals surface area contributed by atoms with Crippen LogP contribution in [-0.4, -0.2) is 111 Å². The van der Waals surface area contributed by atoms with E-state index < -0.39 is 65.9 Å². The number of esters is 1. The molecule has 1 saturated carbocycles. The van der Waals surface area contributed by atoms with E-state index in [9.17, 15) is 39.6 Å². The van der Waals surface area contributed by atoms with Crippen LogP contribution in [0.25, 0.3) is 0 Å². The van der Waals surface area contributed by atoms with E-state index in [2.05, 4.69) is 0 Å². The van der Waals surface area contributed by atoms with Gasteiger partial charge in [-0.15, -0.1) is 0 Å². The summed E-state index contributed by atoms with van der Waals surface area (Å²) in [7, 11) is 1.59. The van der Waals surface area contributed by atoms with Crippen LogP contribution < -0.4 is 0 Å². The zero-order valence-corrected chi connectivity index (χ0v) is 35.9. The van der Waals surface area contributed by atoms with Crippen molar-refractivity contribution in [2.45, 2.75) is 173 Å². The predicted octanol–water partition coefficient (Wildman–Crippen LogP) is 5.70. The molecule has 1 aliphatic carbocycles. The van der Waals surface area contributed by atoms with Crippen LogP contribution in [0.5, 0.6) is 0 Å². The maximum absolute atomic E-state index is 14.2. The molecule has 4 aliphatic rings. The van der Waals surface area contributed by atoms with E-state index in [1.54, 1.807) is 27.0 Å². The van der Waals surface area contributed by atoms with Crippen molar-refractivity contribution in [3.63, 3.8) is 0 Å². The van der Waals surface area contributed by atoms with Crippen LogP contribution in [0.15, 0.2) is 47.6 Å². The molecule has 3 aliphatic heterocycles. The number of amides is 1. The highest BCUT2D eigenvalue weighted by atomic mass is 16.6. The Morgan fingerprint density at radius 1 is 0.897 bits per heavy atom. The third kappa shape index (κ3) is 12.8. The number of hydrogen-bond donors (Lipinski definition) is 4. The summed E-state index contributed by atoms with van der Waals surface area (Å²) < 4.78 is 18.2.